The molecule has 2 aromatic heterocycles. The van der Waals surface area contributed by atoms with Crippen molar-refractivity contribution in [3.63, 3.8) is 0 Å². The van der Waals surface area contributed by atoms with Crippen molar-refractivity contribution in [3.05, 3.63) is 53.7 Å². The van der Waals surface area contributed by atoms with Crippen LogP contribution in [0.15, 0.2) is 42.9 Å². The maximum absolute atomic E-state index is 12.8. The average Bonchev–Trinajstić information content (AvgIpc) is 2.98. The first kappa shape index (κ1) is 12.2. The first-order valence-electron chi connectivity index (χ1n) is 5.70. The summed E-state index contributed by atoms with van der Waals surface area (Å²) >= 11 is 6.15. The normalized spacial score (nSPS) is 11.6. The van der Waals surface area contributed by atoms with Gasteiger partial charge in [-0.3, -0.25) is 4.57 Å². The van der Waals surface area contributed by atoms with Gasteiger partial charge in [-0.25, -0.2) is 4.98 Å². The minimum Gasteiger partial charge on any atom is -0.339 e. The molecule has 3 rings (SSSR count). The Kier molecular flexibility index (Phi) is 2.98. The smallest absolute Gasteiger partial charge is 0.319 e. The minimum absolute atomic E-state index is 0.255. The van der Waals surface area contributed by atoms with Gasteiger partial charge in [-0.1, -0.05) is 23.7 Å². The molecule has 98 valence electrons. The van der Waals surface area contributed by atoms with Crippen molar-refractivity contribution in [1.82, 2.24) is 14.1 Å². The van der Waals surface area contributed by atoms with Crippen molar-refractivity contribution in [2.24, 2.45) is 0 Å². The highest BCUT2D eigenvalue weighted by Crippen LogP contribution is 2.25. The predicted octanol–water partition coefficient (Wildman–Crippen LogP) is 3.93. The number of rotatable bonds is 3. The molecule has 0 aliphatic carbocycles. The lowest BCUT2D eigenvalue weighted by Crippen LogP contribution is -2.08. The van der Waals surface area contributed by atoms with Gasteiger partial charge in [0, 0.05) is 24.0 Å². The first-order chi connectivity index (χ1) is 9.16. The van der Waals surface area contributed by atoms with E-state index in [-0.39, 0.29) is 6.54 Å². The zero-order valence-electron chi connectivity index (χ0n) is 9.80. The van der Waals surface area contributed by atoms with E-state index in [4.69, 9.17) is 11.6 Å². The third-order valence-electron chi connectivity index (χ3n) is 3.01. The maximum atomic E-state index is 12.8. The van der Waals surface area contributed by atoms with Crippen LogP contribution in [-0.2, 0) is 6.54 Å². The van der Waals surface area contributed by atoms with E-state index in [0.29, 0.717) is 10.8 Å². The van der Waals surface area contributed by atoms with Crippen LogP contribution in [0.25, 0.3) is 10.9 Å². The second-order valence-electron chi connectivity index (χ2n) is 4.15. The molecule has 0 saturated carbocycles. The van der Waals surface area contributed by atoms with Crippen LogP contribution in [-0.4, -0.2) is 14.1 Å². The summed E-state index contributed by atoms with van der Waals surface area (Å²) < 4.78 is 28.2. The number of aromatic nitrogens is 3. The van der Waals surface area contributed by atoms with Gasteiger partial charge < -0.3 is 4.57 Å². The number of alkyl halides is 2. The average molecular weight is 282 g/mol. The highest BCUT2D eigenvalue weighted by atomic mass is 35.5. The molecule has 2 heterocycles. The van der Waals surface area contributed by atoms with Crippen LogP contribution < -0.4 is 0 Å². The second-order valence-corrected chi connectivity index (χ2v) is 4.56. The minimum atomic E-state index is -2.59. The largest absolute Gasteiger partial charge is 0.339 e. The number of benzene rings is 1. The fourth-order valence-electron chi connectivity index (χ4n) is 2.14. The van der Waals surface area contributed by atoms with Crippen LogP contribution in [0.3, 0.4) is 0 Å². The zero-order chi connectivity index (χ0) is 13.4. The molecule has 0 aliphatic heterocycles. The Hall–Kier alpha value is -1.88. The zero-order valence-corrected chi connectivity index (χ0v) is 10.6. The van der Waals surface area contributed by atoms with E-state index < -0.39 is 6.55 Å². The van der Waals surface area contributed by atoms with Crippen molar-refractivity contribution in [1.29, 1.82) is 0 Å². The van der Waals surface area contributed by atoms with Crippen LogP contribution in [0, 0.1) is 0 Å². The fourth-order valence-corrected chi connectivity index (χ4v) is 2.43. The van der Waals surface area contributed by atoms with Crippen LogP contribution in [0.1, 0.15) is 12.4 Å². The molecule has 3 nitrogen and oxygen atoms in total. The highest BCUT2D eigenvalue weighted by molar-refractivity contribution is 6.35. The van der Waals surface area contributed by atoms with E-state index in [1.165, 1.54) is 12.4 Å². The lowest BCUT2D eigenvalue weighted by molar-refractivity contribution is 0.0667. The molecule has 0 saturated heterocycles. The summed E-state index contributed by atoms with van der Waals surface area (Å²) in [5.41, 5.74) is 0.827. The van der Waals surface area contributed by atoms with E-state index in [1.54, 1.807) is 6.07 Å². The van der Waals surface area contributed by atoms with Crippen molar-refractivity contribution < 1.29 is 8.78 Å². The topological polar surface area (TPSA) is 22.8 Å². The summed E-state index contributed by atoms with van der Waals surface area (Å²) in [4.78, 5) is 3.97. The second kappa shape index (κ2) is 4.66. The summed E-state index contributed by atoms with van der Waals surface area (Å²) in [5, 5.41) is 1.57. The van der Waals surface area contributed by atoms with Gasteiger partial charge in [0.25, 0.3) is 0 Å². The number of para-hydroxylation sites is 1. The molecule has 0 N–H and O–H groups in total. The number of hydrogen-bond donors (Lipinski definition) is 0. The number of halogens is 3. The van der Waals surface area contributed by atoms with E-state index in [0.717, 1.165) is 15.5 Å². The van der Waals surface area contributed by atoms with Gasteiger partial charge in [-0.2, -0.15) is 8.78 Å². The molecule has 0 amide bonds. The molecule has 0 aliphatic rings. The molecular weight excluding hydrogens is 272 g/mol. The standard InChI is InChI=1S/C13H10ClF2N3/c14-10-3-1-2-9-4-6-18(12(9)10)8-11-17-5-7-19(11)13(15)16/h1-7,13H,8H2. The summed E-state index contributed by atoms with van der Waals surface area (Å²) in [6.07, 6.45) is 4.46. The Bertz CT molecular complexity index is 718. The van der Waals surface area contributed by atoms with Gasteiger partial charge in [0.1, 0.15) is 5.82 Å². The molecular formula is C13H10ClF2N3. The van der Waals surface area contributed by atoms with Crippen LogP contribution in [0.2, 0.25) is 5.02 Å². The van der Waals surface area contributed by atoms with Crippen LogP contribution in [0.4, 0.5) is 8.78 Å². The summed E-state index contributed by atoms with van der Waals surface area (Å²) in [6.45, 7) is -2.33. The molecule has 19 heavy (non-hydrogen) atoms. The summed E-state index contributed by atoms with van der Waals surface area (Å²) in [5.74, 6) is 0.299. The molecule has 0 spiro atoms. The Balaban J connectivity index is 2.04. The number of nitrogens with zero attached hydrogens (tertiary/aromatic N) is 3. The van der Waals surface area contributed by atoms with Gasteiger partial charge in [0.05, 0.1) is 17.1 Å². The van der Waals surface area contributed by atoms with Gasteiger partial charge in [0.2, 0.25) is 0 Å². The first-order valence-corrected chi connectivity index (χ1v) is 6.08. The Labute approximate surface area is 113 Å². The Morgan fingerprint density at radius 1 is 1.21 bits per heavy atom. The molecule has 3 aromatic rings. The Morgan fingerprint density at radius 2 is 2.05 bits per heavy atom. The molecule has 0 atom stereocenters. The molecule has 6 heteroatoms. The van der Waals surface area contributed by atoms with Crippen LogP contribution in [0.5, 0.6) is 0 Å². The van der Waals surface area contributed by atoms with Gasteiger partial charge >= 0.3 is 6.55 Å². The third-order valence-corrected chi connectivity index (χ3v) is 3.32. The number of imidazole rings is 1. The van der Waals surface area contributed by atoms with Crippen molar-refractivity contribution in [2.45, 2.75) is 13.1 Å². The maximum Gasteiger partial charge on any atom is 0.319 e. The summed E-state index contributed by atoms with van der Waals surface area (Å²) in [7, 11) is 0. The molecule has 0 bridgehead atoms. The SMILES string of the molecule is FC(F)n1ccnc1Cn1ccc2cccc(Cl)c21. The van der Waals surface area contributed by atoms with E-state index in [1.807, 2.05) is 29.0 Å². The fraction of sp³-hybridized carbons (Fsp3) is 0.154. The highest BCUT2D eigenvalue weighted by Gasteiger charge is 2.13. The van der Waals surface area contributed by atoms with E-state index >= 15 is 0 Å². The lowest BCUT2D eigenvalue weighted by Gasteiger charge is -2.09. The van der Waals surface area contributed by atoms with Crippen LogP contribution >= 0.6 is 11.6 Å². The lowest BCUT2D eigenvalue weighted by atomic mass is 10.2. The van der Waals surface area contributed by atoms with Gasteiger partial charge in [0.15, 0.2) is 0 Å². The number of hydrogen-bond acceptors (Lipinski definition) is 1. The molecule has 0 unspecified atom stereocenters. The molecule has 0 fully saturated rings. The van der Waals surface area contributed by atoms with E-state index in [9.17, 15) is 8.78 Å². The van der Waals surface area contributed by atoms with Gasteiger partial charge in [-0.05, 0) is 12.1 Å². The quantitative estimate of drug-likeness (QED) is 0.713. The van der Waals surface area contributed by atoms with Crippen molar-refractivity contribution in [3.8, 4) is 0 Å². The monoisotopic (exact) mass is 281 g/mol. The van der Waals surface area contributed by atoms with Crippen molar-refractivity contribution >= 4 is 22.5 Å². The summed E-state index contributed by atoms with van der Waals surface area (Å²) in [6, 6.07) is 7.46. The number of fused-ring (bicyclic) bond motifs is 1. The van der Waals surface area contributed by atoms with Gasteiger partial charge in [-0.15, -0.1) is 0 Å². The third kappa shape index (κ3) is 2.10. The molecule has 0 radical (unpaired) electrons. The van der Waals surface area contributed by atoms with E-state index in [2.05, 4.69) is 4.98 Å². The van der Waals surface area contributed by atoms with Crippen molar-refractivity contribution in [2.75, 3.05) is 0 Å². The Morgan fingerprint density at radius 3 is 2.84 bits per heavy atom. The predicted molar refractivity (Wildman–Crippen MR) is 69.5 cm³/mol. The molecule has 1 aromatic carbocycles.